The Hall–Kier alpha value is -0.590. The Morgan fingerprint density at radius 2 is 2.40 bits per heavy atom. The van der Waals surface area contributed by atoms with Crippen LogP contribution in [0.1, 0.15) is 39.0 Å². The standard InChI is InChI=1S/C9H14O/c1-2-3-4-8-5-6-9(10)7-8/h5H,2-4,6-7H2,1H3. The maximum absolute atomic E-state index is 10.8. The lowest BCUT2D eigenvalue weighted by molar-refractivity contribution is -0.117. The molecule has 0 unspecified atom stereocenters. The van der Waals surface area contributed by atoms with Gasteiger partial charge in [0, 0.05) is 12.8 Å². The second-order valence-electron chi connectivity index (χ2n) is 2.89. The number of carbonyl (C=O) groups is 1. The third-order valence-corrected chi connectivity index (χ3v) is 1.89. The van der Waals surface area contributed by atoms with Crippen molar-refractivity contribution in [3.05, 3.63) is 11.6 Å². The molecule has 0 aromatic rings. The fourth-order valence-corrected chi connectivity index (χ4v) is 1.25. The lowest BCUT2D eigenvalue weighted by Gasteiger charge is -1.96. The topological polar surface area (TPSA) is 17.1 Å². The van der Waals surface area contributed by atoms with E-state index in [2.05, 4.69) is 13.0 Å². The number of hydrogen-bond acceptors (Lipinski definition) is 1. The van der Waals surface area contributed by atoms with E-state index in [1.165, 1.54) is 18.4 Å². The van der Waals surface area contributed by atoms with E-state index in [4.69, 9.17) is 0 Å². The predicted octanol–water partition coefficient (Wildman–Crippen LogP) is 2.47. The molecule has 56 valence electrons. The molecule has 1 heteroatoms. The lowest BCUT2D eigenvalue weighted by atomic mass is 10.1. The Labute approximate surface area is 62.1 Å². The Balaban J connectivity index is 2.23. The molecule has 0 aromatic carbocycles. The van der Waals surface area contributed by atoms with Crippen molar-refractivity contribution in [2.45, 2.75) is 39.0 Å². The Kier molecular flexibility index (Phi) is 2.67. The van der Waals surface area contributed by atoms with Gasteiger partial charge in [0.2, 0.25) is 0 Å². The number of unbranched alkanes of at least 4 members (excludes halogenated alkanes) is 1. The molecule has 0 fully saturated rings. The Bertz CT molecular complexity index is 156. The molecule has 1 rings (SSSR count). The molecule has 10 heavy (non-hydrogen) atoms. The van der Waals surface area contributed by atoms with Gasteiger partial charge in [0.05, 0.1) is 0 Å². The fourth-order valence-electron chi connectivity index (χ4n) is 1.25. The van der Waals surface area contributed by atoms with Gasteiger partial charge in [0.25, 0.3) is 0 Å². The number of allylic oxidation sites excluding steroid dienone is 2. The highest BCUT2D eigenvalue weighted by molar-refractivity contribution is 5.85. The molecule has 1 aliphatic rings. The first-order valence-corrected chi connectivity index (χ1v) is 4.02. The smallest absolute Gasteiger partial charge is 0.140 e. The van der Waals surface area contributed by atoms with Gasteiger partial charge >= 0.3 is 0 Å². The van der Waals surface area contributed by atoms with Crippen LogP contribution in [0.4, 0.5) is 0 Å². The highest BCUT2D eigenvalue weighted by Gasteiger charge is 2.10. The highest BCUT2D eigenvalue weighted by atomic mass is 16.1. The van der Waals surface area contributed by atoms with Crippen LogP contribution in [0, 0.1) is 0 Å². The summed E-state index contributed by atoms with van der Waals surface area (Å²) in [6.07, 6.45) is 7.13. The molecule has 0 saturated carbocycles. The van der Waals surface area contributed by atoms with Crippen molar-refractivity contribution in [1.29, 1.82) is 0 Å². The summed E-state index contributed by atoms with van der Waals surface area (Å²) in [5.74, 6) is 0.395. The van der Waals surface area contributed by atoms with Gasteiger partial charge in [-0.2, -0.15) is 0 Å². The Morgan fingerprint density at radius 3 is 2.90 bits per heavy atom. The zero-order valence-electron chi connectivity index (χ0n) is 6.52. The second kappa shape index (κ2) is 3.55. The zero-order valence-corrected chi connectivity index (χ0v) is 6.52. The molecule has 0 spiro atoms. The first kappa shape index (κ1) is 7.52. The van der Waals surface area contributed by atoms with Crippen LogP contribution < -0.4 is 0 Å². The summed E-state index contributed by atoms with van der Waals surface area (Å²) < 4.78 is 0. The molecule has 0 atom stereocenters. The minimum absolute atomic E-state index is 0.395. The van der Waals surface area contributed by atoms with Crippen LogP contribution in [0.3, 0.4) is 0 Å². The summed E-state index contributed by atoms with van der Waals surface area (Å²) in [4.78, 5) is 10.8. The van der Waals surface area contributed by atoms with Crippen LogP contribution in [0.5, 0.6) is 0 Å². The molecule has 0 saturated heterocycles. The molecule has 0 aliphatic heterocycles. The number of rotatable bonds is 3. The molecular weight excluding hydrogens is 124 g/mol. The van der Waals surface area contributed by atoms with Gasteiger partial charge < -0.3 is 0 Å². The van der Waals surface area contributed by atoms with Gasteiger partial charge in [-0.05, 0) is 12.8 Å². The third kappa shape index (κ3) is 1.98. The summed E-state index contributed by atoms with van der Waals surface area (Å²) in [7, 11) is 0. The van der Waals surface area contributed by atoms with E-state index in [1.54, 1.807) is 0 Å². The summed E-state index contributed by atoms with van der Waals surface area (Å²) in [6, 6.07) is 0. The first-order valence-electron chi connectivity index (χ1n) is 4.02. The minimum Gasteiger partial charge on any atom is -0.299 e. The van der Waals surface area contributed by atoms with Crippen molar-refractivity contribution in [2.75, 3.05) is 0 Å². The summed E-state index contributed by atoms with van der Waals surface area (Å²) in [6.45, 7) is 2.18. The minimum atomic E-state index is 0.395. The molecule has 0 N–H and O–H groups in total. The summed E-state index contributed by atoms with van der Waals surface area (Å²) in [5, 5.41) is 0. The quantitative estimate of drug-likeness (QED) is 0.547. The first-order chi connectivity index (χ1) is 4.83. The Morgan fingerprint density at radius 1 is 1.60 bits per heavy atom. The normalized spacial score (nSPS) is 17.7. The molecule has 0 amide bonds. The van der Waals surface area contributed by atoms with Gasteiger partial charge in [-0.15, -0.1) is 0 Å². The summed E-state index contributed by atoms with van der Waals surface area (Å²) >= 11 is 0. The average molecular weight is 138 g/mol. The van der Waals surface area contributed by atoms with Gasteiger partial charge in [-0.3, -0.25) is 4.79 Å². The SMILES string of the molecule is CCCCC1=CCC(=O)C1. The van der Waals surface area contributed by atoms with Crippen LogP contribution in [0.15, 0.2) is 11.6 Å². The van der Waals surface area contributed by atoms with E-state index in [0.717, 1.165) is 12.8 Å². The van der Waals surface area contributed by atoms with E-state index >= 15 is 0 Å². The molecule has 0 aromatic heterocycles. The maximum Gasteiger partial charge on any atom is 0.140 e. The maximum atomic E-state index is 10.8. The van der Waals surface area contributed by atoms with Crippen LogP contribution in [0.2, 0.25) is 0 Å². The molecule has 1 nitrogen and oxygen atoms in total. The highest BCUT2D eigenvalue weighted by Crippen LogP contribution is 2.19. The van der Waals surface area contributed by atoms with Crippen molar-refractivity contribution in [2.24, 2.45) is 0 Å². The van der Waals surface area contributed by atoms with Crippen molar-refractivity contribution in [3.8, 4) is 0 Å². The molecular formula is C9H14O. The third-order valence-electron chi connectivity index (χ3n) is 1.89. The van der Waals surface area contributed by atoms with E-state index in [-0.39, 0.29) is 0 Å². The van der Waals surface area contributed by atoms with Crippen molar-refractivity contribution < 1.29 is 4.79 Å². The molecule has 1 aliphatic carbocycles. The zero-order chi connectivity index (χ0) is 7.40. The van der Waals surface area contributed by atoms with Crippen molar-refractivity contribution in [3.63, 3.8) is 0 Å². The number of carbonyl (C=O) groups excluding carboxylic acids is 1. The van der Waals surface area contributed by atoms with Gasteiger partial charge in [-0.1, -0.05) is 25.0 Å². The van der Waals surface area contributed by atoms with Crippen LogP contribution in [0.25, 0.3) is 0 Å². The van der Waals surface area contributed by atoms with Gasteiger partial charge in [0.1, 0.15) is 5.78 Å². The average Bonchev–Trinajstić information content (AvgIpc) is 2.31. The monoisotopic (exact) mass is 138 g/mol. The van der Waals surface area contributed by atoms with E-state index in [0.29, 0.717) is 12.2 Å². The largest absolute Gasteiger partial charge is 0.299 e. The number of hydrogen-bond donors (Lipinski definition) is 0. The second-order valence-corrected chi connectivity index (χ2v) is 2.89. The van der Waals surface area contributed by atoms with E-state index in [1.807, 2.05) is 0 Å². The van der Waals surface area contributed by atoms with Crippen molar-refractivity contribution >= 4 is 5.78 Å². The number of Topliss-reactive ketones (excluding diaryl/α,β-unsaturated/α-hetero) is 1. The van der Waals surface area contributed by atoms with E-state index < -0.39 is 0 Å². The summed E-state index contributed by atoms with van der Waals surface area (Å²) in [5.41, 5.74) is 1.37. The van der Waals surface area contributed by atoms with Crippen molar-refractivity contribution in [1.82, 2.24) is 0 Å². The van der Waals surface area contributed by atoms with Crippen LogP contribution >= 0.6 is 0 Å². The molecule has 0 radical (unpaired) electrons. The lowest BCUT2D eigenvalue weighted by Crippen LogP contribution is -1.88. The van der Waals surface area contributed by atoms with Gasteiger partial charge in [0.15, 0.2) is 0 Å². The van der Waals surface area contributed by atoms with Crippen LogP contribution in [-0.4, -0.2) is 5.78 Å². The number of ketones is 1. The molecule has 0 heterocycles. The van der Waals surface area contributed by atoms with Crippen LogP contribution in [-0.2, 0) is 4.79 Å². The fraction of sp³-hybridized carbons (Fsp3) is 0.667. The van der Waals surface area contributed by atoms with E-state index in [9.17, 15) is 4.79 Å². The molecule has 0 bridgehead atoms. The van der Waals surface area contributed by atoms with Gasteiger partial charge in [-0.25, -0.2) is 0 Å². The predicted molar refractivity (Wildman–Crippen MR) is 41.8 cm³/mol.